The molecule has 0 amide bonds. The number of aryl methyl sites for hydroxylation is 1. The van der Waals surface area contributed by atoms with Crippen molar-refractivity contribution in [2.24, 2.45) is 0 Å². The SMILES string of the molecule is COC(=O)CCCCCCn1ccnc1C=O. The maximum atomic E-state index is 10.8. The van der Waals surface area contributed by atoms with Crippen LogP contribution in [0.5, 0.6) is 0 Å². The van der Waals surface area contributed by atoms with Gasteiger partial charge < -0.3 is 9.30 Å². The second-order valence-corrected chi connectivity index (χ2v) is 3.84. The van der Waals surface area contributed by atoms with Crippen LogP contribution >= 0.6 is 0 Å². The highest BCUT2D eigenvalue weighted by atomic mass is 16.5. The molecule has 0 fully saturated rings. The molecule has 94 valence electrons. The Morgan fingerprint density at radius 2 is 2.18 bits per heavy atom. The van der Waals surface area contributed by atoms with E-state index in [2.05, 4.69) is 9.72 Å². The Morgan fingerprint density at radius 1 is 1.41 bits per heavy atom. The summed E-state index contributed by atoms with van der Waals surface area (Å²) < 4.78 is 6.40. The number of esters is 1. The molecule has 1 aromatic rings. The predicted molar refractivity (Wildman–Crippen MR) is 62.7 cm³/mol. The van der Waals surface area contributed by atoms with Crippen molar-refractivity contribution in [3.05, 3.63) is 18.2 Å². The molecule has 0 aliphatic carbocycles. The van der Waals surface area contributed by atoms with Crippen LogP contribution in [0.2, 0.25) is 0 Å². The van der Waals surface area contributed by atoms with Crippen molar-refractivity contribution >= 4 is 12.3 Å². The number of carbonyl (C=O) groups excluding carboxylic acids is 2. The van der Waals surface area contributed by atoms with Gasteiger partial charge in [0.25, 0.3) is 0 Å². The number of nitrogens with zero attached hydrogens (tertiary/aromatic N) is 2. The molecule has 0 saturated carbocycles. The van der Waals surface area contributed by atoms with E-state index in [4.69, 9.17) is 0 Å². The molecule has 5 heteroatoms. The first-order valence-electron chi connectivity index (χ1n) is 5.81. The number of ether oxygens (including phenoxy) is 1. The normalized spacial score (nSPS) is 10.2. The molecule has 0 atom stereocenters. The minimum absolute atomic E-state index is 0.150. The number of imidazole rings is 1. The Balaban J connectivity index is 2.08. The van der Waals surface area contributed by atoms with E-state index >= 15 is 0 Å². The maximum absolute atomic E-state index is 10.8. The number of methoxy groups -OCH3 is 1. The summed E-state index contributed by atoms with van der Waals surface area (Å²) in [7, 11) is 1.41. The van der Waals surface area contributed by atoms with Gasteiger partial charge >= 0.3 is 5.97 Å². The van der Waals surface area contributed by atoms with Gasteiger partial charge in [0.1, 0.15) is 0 Å². The Labute approximate surface area is 101 Å². The third-order valence-corrected chi connectivity index (χ3v) is 2.61. The molecule has 0 aliphatic heterocycles. The zero-order valence-electron chi connectivity index (χ0n) is 10.1. The van der Waals surface area contributed by atoms with E-state index in [0.29, 0.717) is 12.2 Å². The van der Waals surface area contributed by atoms with E-state index in [9.17, 15) is 9.59 Å². The highest BCUT2D eigenvalue weighted by Crippen LogP contribution is 2.06. The van der Waals surface area contributed by atoms with Crippen LogP contribution < -0.4 is 0 Å². The molecule has 0 spiro atoms. The first-order chi connectivity index (χ1) is 8.27. The van der Waals surface area contributed by atoms with Crippen LogP contribution in [0.1, 0.15) is 42.7 Å². The van der Waals surface area contributed by atoms with E-state index in [1.165, 1.54) is 7.11 Å². The third kappa shape index (κ3) is 4.80. The van der Waals surface area contributed by atoms with E-state index < -0.39 is 0 Å². The molecule has 1 rings (SSSR count). The van der Waals surface area contributed by atoms with Crippen LogP contribution in [0.3, 0.4) is 0 Å². The molecule has 0 N–H and O–H groups in total. The zero-order valence-corrected chi connectivity index (χ0v) is 10.1. The van der Waals surface area contributed by atoms with Gasteiger partial charge in [-0.05, 0) is 12.8 Å². The second-order valence-electron chi connectivity index (χ2n) is 3.84. The molecule has 0 radical (unpaired) electrons. The van der Waals surface area contributed by atoms with Gasteiger partial charge in [0.05, 0.1) is 7.11 Å². The van der Waals surface area contributed by atoms with Gasteiger partial charge in [0.15, 0.2) is 12.1 Å². The van der Waals surface area contributed by atoms with Crippen LogP contribution in [-0.4, -0.2) is 28.9 Å². The number of rotatable bonds is 8. The monoisotopic (exact) mass is 238 g/mol. The van der Waals surface area contributed by atoms with Crippen molar-refractivity contribution in [2.75, 3.05) is 7.11 Å². The maximum Gasteiger partial charge on any atom is 0.305 e. The lowest BCUT2D eigenvalue weighted by atomic mass is 10.1. The number of aldehydes is 1. The minimum Gasteiger partial charge on any atom is -0.469 e. The molecule has 0 saturated heterocycles. The summed E-state index contributed by atoms with van der Waals surface area (Å²) in [6.45, 7) is 0.798. The summed E-state index contributed by atoms with van der Waals surface area (Å²) in [4.78, 5) is 25.4. The summed E-state index contributed by atoms with van der Waals surface area (Å²) in [5.41, 5.74) is 0. The quantitative estimate of drug-likeness (QED) is 0.394. The highest BCUT2D eigenvalue weighted by Gasteiger charge is 2.01. The largest absolute Gasteiger partial charge is 0.469 e. The molecular weight excluding hydrogens is 220 g/mol. The van der Waals surface area contributed by atoms with Gasteiger partial charge in [0.2, 0.25) is 0 Å². The number of unbranched alkanes of at least 4 members (excludes halogenated alkanes) is 3. The predicted octanol–water partition coefficient (Wildman–Crippen LogP) is 1.82. The van der Waals surface area contributed by atoms with Crippen molar-refractivity contribution in [3.8, 4) is 0 Å². The third-order valence-electron chi connectivity index (χ3n) is 2.61. The first-order valence-corrected chi connectivity index (χ1v) is 5.81. The standard InChI is InChI=1S/C12H18N2O3/c1-17-12(16)6-4-2-3-5-8-14-9-7-13-11(14)10-15/h7,9-10H,2-6,8H2,1H3. The first kappa shape index (κ1) is 13.4. The van der Waals surface area contributed by atoms with E-state index in [1.807, 2.05) is 4.57 Å². The zero-order chi connectivity index (χ0) is 12.5. The average Bonchev–Trinajstić information content (AvgIpc) is 2.80. The summed E-state index contributed by atoms with van der Waals surface area (Å²) in [5.74, 6) is 0.322. The van der Waals surface area contributed by atoms with Crippen molar-refractivity contribution in [1.82, 2.24) is 9.55 Å². The molecule has 17 heavy (non-hydrogen) atoms. The van der Waals surface area contributed by atoms with E-state index in [-0.39, 0.29) is 5.97 Å². The van der Waals surface area contributed by atoms with Crippen LogP contribution in [0, 0.1) is 0 Å². The van der Waals surface area contributed by atoms with Crippen molar-refractivity contribution in [1.29, 1.82) is 0 Å². The van der Waals surface area contributed by atoms with Crippen molar-refractivity contribution in [3.63, 3.8) is 0 Å². The van der Waals surface area contributed by atoms with Crippen LogP contribution in [0.15, 0.2) is 12.4 Å². The number of carbonyl (C=O) groups is 2. The van der Waals surface area contributed by atoms with E-state index in [0.717, 1.165) is 38.5 Å². The molecule has 5 nitrogen and oxygen atoms in total. The molecule has 1 aromatic heterocycles. The minimum atomic E-state index is -0.150. The number of hydrogen-bond acceptors (Lipinski definition) is 4. The van der Waals surface area contributed by atoms with Crippen molar-refractivity contribution < 1.29 is 14.3 Å². The second kappa shape index (κ2) is 7.60. The summed E-state index contributed by atoms with van der Waals surface area (Å²) in [6.07, 6.45) is 8.56. The Morgan fingerprint density at radius 3 is 2.88 bits per heavy atom. The van der Waals surface area contributed by atoms with Gasteiger partial charge in [-0.2, -0.15) is 0 Å². The fraction of sp³-hybridized carbons (Fsp3) is 0.583. The average molecular weight is 238 g/mol. The molecule has 0 aliphatic rings. The Kier molecular flexibility index (Phi) is 5.99. The number of hydrogen-bond donors (Lipinski definition) is 0. The van der Waals surface area contributed by atoms with Gasteiger partial charge in [-0.1, -0.05) is 12.8 Å². The molecule has 0 aromatic carbocycles. The fourth-order valence-electron chi connectivity index (χ4n) is 1.64. The smallest absolute Gasteiger partial charge is 0.305 e. The van der Waals surface area contributed by atoms with Crippen LogP contribution in [-0.2, 0) is 16.1 Å². The summed E-state index contributed by atoms with van der Waals surface area (Å²) in [6, 6.07) is 0. The fourth-order valence-corrected chi connectivity index (χ4v) is 1.64. The lowest BCUT2D eigenvalue weighted by Gasteiger charge is -2.04. The lowest BCUT2D eigenvalue weighted by Crippen LogP contribution is -2.02. The topological polar surface area (TPSA) is 61.2 Å². The molecule has 1 heterocycles. The van der Waals surface area contributed by atoms with Crippen LogP contribution in [0.25, 0.3) is 0 Å². The summed E-state index contributed by atoms with van der Waals surface area (Å²) >= 11 is 0. The molecule has 0 bridgehead atoms. The van der Waals surface area contributed by atoms with Gasteiger partial charge in [0, 0.05) is 25.4 Å². The van der Waals surface area contributed by atoms with Gasteiger partial charge in [-0.25, -0.2) is 4.98 Å². The van der Waals surface area contributed by atoms with Gasteiger partial charge in [-0.3, -0.25) is 9.59 Å². The summed E-state index contributed by atoms with van der Waals surface area (Å²) in [5, 5.41) is 0. The molecular formula is C12H18N2O3. The molecule has 0 unspecified atom stereocenters. The Bertz CT molecular complexity index is 360. The van der Waals surface area contributed by atoms with Crippen molar-refractivity contribution in [2.45, 2.75) is 38.6 Å². The van der Waals surface area contributed by atoms with Crippen LogP contribution in [0.4, 0.5) is 0 Å². The Hall–Kier alpha value is -1.65. The highest BCUT2D eigenvalue weighted by molar-refractivity contribution is 5.69. The number of aromatic nitrogens is 2. The van der Waals surface area contributed by atoms with Gasteiger partial charge in [-0.15, -0.1) is 0 Å². The lowest BCUT2D eigenvalue weighted by molar-refractivity contribution is -0.140. The van der Waals surface area contributed by atoms with E-state index in [1.54, 1.807) is 12.4 Å².